The van der Waals surface area contributed by atoms with E-state index in [1.165, 1.54) is 11.8 Å². The molecule has 3 aromatic rings. The summed E-state index contributed by atoms with van der Waals surface area (Å²) in [7, 11) is 0. The van der Waals surface area contributed by atoms with Gasteiger partial charge in [0.15, 0.2) is 0 Å². The molecule has 3 rings (SSSR count). The Hall–Kier alpha value is -2.67. The highest BCUT2D eigenvalue weighted by molar-refractivity contribution is 6.30. The van der Waals surface area contributed by atoms with Crippen molar-refractivity contribution in [1.82, 2.24) is 24.5 Å². The number of halogens is 1. The molecule has 0 aliphatic heterocycles. The highest BCUT2D eigenvalue weighted by Gasteiger charge is 2.20. The van der Waals surface area contributed by atoms with Crippen LogP contribution in [0.15, 0.2) is 43.0 Å². The molecule has 8 heteroatoms. The smallest absolute Gasteiger partial charge is 0.251 e. The second kappa shape index (κ2) is 7.48. The Morgan fingerprint density at radius 3 is 2.84 bits per heavy atom. The van der Waals surface area contributed by atoms with Crippen LogP contribution in [0.5, 0.6) is 0 Å². The van der Waals surface area contributed by atoms with Gasteiger partial charge in [0.05, 0.1) is 17.8 Å². The number of amides is 1. The number of benzene rings is 1. The molecule has 7 nitrogen and oxygen atoms in total. The maximum Gasteiger partial charge on any atom is 0.251 e. The van der Waals surface area contributed by atoms with Gasteiger partial charge in [-0.05, 0) is 24.5 Å². The van der Waals surface area contributed by atoms with Crippen molar-refractivity contribution in [1.29, 1.82) is 0 Å². The molecule has 0 bridgehead atoms. The van der Waals surface area contributed by atoms with Gasteiger partial charge >= 0.3 is 0 Å². The first kappa shape index (κ1) is 17.2. The number of hydrogen-bond acceptors (Lipinski definition) is 4. The lowest BCUT2D eigenvalue weighted by Gasteiger charge is -2.13. The molecule has 0 saturated carbocycles. The van der Waals surface area contributed by atoms with E-state index < -0.39 is 6.04 Å². The minimum atomic E-state index is -0.462. The normalized spacial score (nSPS) is 12.1. The molecular formula is C17H19ClN6O. The van der Waals surface area contributed by atoms with Gasteiger partial charge in [0.2, 0.25) is 5.95 Å². The van der Waals surface area contributed by atoms with Crippen LogP contribution in [0.4, 0.5) is 5.95 Å². The first-order valence-electron chi connectivity index (χ1n) is 8.01. The maximum atomic E-state index is 12.5. The molecule has 1 unspecified atom stereocenters. The van der Waals surface area contributed by atoms with E-state index in [4.69, 9.17) is 11.6 Å². The molecule has 0 aliphatic rings. The summed E-state index contributed by atoms with van der Waals surface area (Å²) in [5.41, 5.74) is 2.34. The lowest BCUT2D eigenvalue weighted by Crippen LogP contribution is -2.26. The Kier molecular flexibility index (Phi) is 5.14. The van der Waals surface area contributed by atoms with Gasteiger partial charge in [-0.2, -0.15) is 5.10 Å². The van der Waals surface area contributed by atoms with Crippen molar-refractivity contribution in [3.05, 3.63) is 59.1 Å². The minimum Gasteiger partial charge on any atom is -0.291 e. The van der Waals surface area contributed by atoms with Crippen LogP contribution in [0.3, 0.4) is 0 Å². The third kappa shape index (κ3) is 4.06. The van der Waals surface area contributed by atoms with E-state index >= 15 is 0 Å². The van der Waals surface area contributed by atoms with E-state index in [0.29, 0.717) is 18.0 Å². The molecule has 0 fully saturated rings. The van der Waals surface area contributed by atoms with Crippen molar-refractivity contribution in [3.63, 3.8) is 0 Å². The lowest BCUT2D eigenvalue weighted by atomic mass is 10.1. The molecule has 130 valence electrons. The van der Waals surface area contributed by atoms with Crippen molar-refractivity contribution >= 4 is 23.5 Å². The van der Waals surface area contributed by atoms with Crippen molar-refractivity contribution in [2.45, 2.75) is 32.9 Å². The standard InChI is InChI=1S/C17H19ClN6O/c1-3-15(24-10-14(18)8-20-24)16(25)21-17-19-11-23(22-17)9-13-7-5-4-6-12(13)2/h4-8,10-11,15H,3,9H2,1-2H3,(H,21,22,25). The summed E-state index contributed by atoms with van der Waals surface area (Å²) in [5.74, 6) is 0.0474. The van der Waals surface area contributed by atoms with Crippen LogP contribution in [-0.2, 0) is 11.3 Å². The molecule has 0 aliphatic carbocycles. The number of nitrogens with zero attached hydrogens (tertiary/aromatic N) is 5. The highest BCUT2D eigenvalue weighted by atomic mass is 35.5. The predicted molar refractivity (Wildman–Crippen MR) is 95.5 cm³/mol. The van der Waals surface area contributed by atoms with Crippen molar-refractivity contribution in [2.75, 3.05) is 5.32 Å². The van der Waals surface area contributed by atoms with E-state index in [-0.39, 0.29) is 11.9 Å². The first-order chi connectivity index (χ1) is 12.1. The van der Waals surface area contributed by atoms with E-state index in [9.17, 15) is 4.79 Å². The van der Waals surface area contributed by atoms with Crippen molar-refractivity contribution in [3.8, 4) is 0 Å². The molecular weight excluding hydrogens is 340 g/mol. The third-order valence-electron chi connectivity index (χ3n) is 3.94. The quantitative estimate of drug-likeness (QED) is 0.734. The summed E-state index contributed by atoms with van der Waals surface area (Å²) in [5, 5.41) is 11.6. The van der Waals surface area contributed by atoms with Crippen LogP contribution in [0.25, 0.3) is 0 Å². The molecule has 2 heterocycles. The zero-order valence-electron chi connectivity index (χ0n) is 14.1. The van der Waals surface area contributed by atoms with E-state index in [0.717, 1.165) is 5.56 Å². The Morgan fingerprint density at radius 1 is 1.36 bits per heavy atom. The van der Waals surface area contributed by atoms with Crippen LogP contribution in [0, 0.1) is 6.92 Å². The SMILES string of the molecule is CCC(C(=O)Nc1ncn(Cc2ccccc2C)n1)n1cc(Cl)cn1. The van der Waals surface area contributed by atoms with E-state index in [2.05, 4.69) is 33.5 Å². The van der Waals surface area contributed by atoms with Crippen LogP contribution in [0.1, 0.15) is 30.5 Å². The predicted octanol–water partition coefficient (Wildman–Crippen LogP) is 3.07. The Balaban J connectivity index is 1.68. The van der Waals surface area contributed by atoms with Crippen LogP contribution < -0.4 is 5.32 Å². The highest BCUT2D eigenvalue weighted by Crippen LogP contribution is 2.16. The Labute approximate surface area is 150 Å². The van der Waals surface area contributed by atoms with Crippen molar-refractivity contribution < 1.29 is 4.79 Å². The maximum absolute atomic E-state index is 12.5. The van der Waals surface area contributed by atoms with Crippen molar-refractivity contribution in [2.24, 2.45) is 0 Å². The average Bonchev–Trinajstić information content (AvgIpc) is 3.20. The molecule has 0 spiro atoms. The van der Waals surface area contributed by atoms with Gasteiger partial charge in [0.1, 0.15) is 12.4 Å². The van der Waals surface area contributed by atoms with Gasteiger partial charge < -0.3 is 0 Å². The first-order valence-corrected chi connectivity index (χ1v) is 8.39. The summed E-state index contributed by atoms with van der Waals surface area (Å²) >= 11 is 5.88. The molecule has 1 aromatic carbocycles. The van der Waals surface area contributed by atoms with Crippen LogP contribution in [-0.4, -0.2) is 30.5 Å². The second-order valence-corrected chi connectivity index (χ2v) is 6.18. The fourth-order valence-corrected chi connectivity index (χ4v) is 2.71. The fraction of sp³-hybridized carbons (Fsp3) is 0.294. The van der Waals surface area contributed by atoms with E-state index in [1.807, 2.05) is 25.1 Å². The van der Waals surface area contributed by atoms with Gasteiger partial charge in [-0.25, -0.2) is 9.67 Å². The van der Waals surface area contributed by atoms with Gasteiger partial charge in [0.25, 0.3) is 5.91 Å². The molecule has 25 heavy (non-hydrogen) atoms. The van der Waals surface area contributed by atoms with Crippen LogP contribution >= 0.6 is 11.6 Å². The summed E-state index contributed by atoms with van der Waals surface area (Å²) in [4.78, 5) is 16.6. The number of aromatic nitrogens is 5. The summed E-state index contributed by atoms with van der Waals surface area (Å²) in [6.45, 7) is 4.56. The van der Waals surface area contributed by atoms with Gasteiger partial charge in [-0.15, -0.1) is 5.10 Å². The van der Waals surface area contributed by atoms with Crippen LogP contribution in [0.2, 0.25) is 5.02 Å². The largest absolute Gasteiger partial charge is 0.291 e. The molecule has 1 N–H and O–H groups in total. The number of anilines is 1. The minimum absolute atomic E-state index is 0.226. The number of aryl methyl sites for hydroxylation is 1. The zero-order chi connectivity index (χ0) is 17.8. The number of carbonyl (C=O) groups is 1. The number of rotatable bonds is 6. The average molecular weight is 359 g/mol. The number of nitrogens with one attached hydrogen (secondary N) is 1. The Bertz CT molecular complexity index is 871. The number of hydrogen-bond donors (Lipinski definition) is 1. The lowest BCUT2D eigenvalue weighted by molar-refractivity contribution is -0.119. The second-order valence-electron chi connectivity index (χ2n) is 5.74. The Morgan fingerprint density at radius 2 is 2.16 bits per heavy atom. The van der Waals surface area contributed by atoms with E-state index in [1.54, 1.807) is 21.9 Å². The molecule has 1 amide bonds. The molecule has 0 saturated heterocycles. The van der Waals surface area contributed by atoms with Gasteiger partial charge in [0, 0.05) is 6.20 Å². The fourth-order valence-electron chi connectivity index (χ4n) is 2.56. The monoisotopic (exact) mass is 358 g/mol. The summed E-state index contributed by atoms with van der Waals surface area (Å²) in [6.07, 6.45) is 5.31. The number of carbonyl (C=O) groups excluding carboxylic acids is 1. The molecule has 1 atom stereocenters. The summed E-state index contributed by atoms with van der Waals surface area (Å²) in [6, 6.07) is 7.62. The van der Waals surface area contributed by atoms with Gasteiger partial charge in [-0.1, -0.05) is 42.8 Å². The molecule has 2 aromatic heterocycles. The molecule has 0 radical (unpaired) electrons. The van der Waals surface area contributed by atoms with Gasteiger partial charge in [-0.3, -0.25) is 14.8 Å². The third-order valence-corrected chi connectivity index (χ3v) is 4.14. The topological polar surface area (TPSA) is 77.6 Å². The zero-order valence-corrected chi connectivity index (χ0v) is 14.8. The summed E-state index contributed by atoms with van der Waals surface area (Å²) < 4.78 is 3.24.